The average Bonchev–Trinajstić information content (AvgIpc) is 2.83. The molecule has 0 aliphatic heterocycles. The highest BCUT2D eigenvalue weighted by Gasteiger charge is 2.06. The number of allylic oxidation sites excluding steroid dienone is 1. The number of pyridine rings is 1. The Morgan fingerprint density at radius 1 is 1.48 bits per heavy atom. The largest absolute Gasteiger partial charge is 0.398 e. The van der Waals surface area contributed by atoms with Gasteiger partial charge in [-0.15, -0.1) is 0 Å². The van der Waals surface area contributed by atoms with Crippen molar-refractivity contribution in [3.63, 3.8) is 0 Å². The summed E-state index contributed by atoms with van der Waals surface area (Å²) in [4.78, 5) is 4.20. The molecule has 110 valence electrons. The number of rotatable bonds is 5. The Hall–Kier alpha value is -2.56. The fourth-order valence-electron chi connectivity index (χ4n) is 2.04. The number of aromatic nitrogens is 2. The number of hydrogen-bond acceptors (Lipinski definition) is 4. The summed E-state index contributed by atoms with van der Waals surface area (Å²) in [5.74, 6) is 0.616. The highest BCUT2D eigenvalue weighted by molar-refractivity contribution is 5.87. The van der Waals surface area contributed by atoms with Crippen molar-refractivity contribution >= 4 is 17.4 Å². The minimum absolute atomic E-state index is 0.304. The summed E-state index contributed by atoms with van der Waals surface area (Å²) in [6, 6.07) is 6.30. The molecule has 2 aromatic rings. The van der Waals surface area contributed by atoms with E-state index in [1.807, 2.05) is 43.5 Å². The molecule has 0 unspecified atom stereocenters. The molecule has 0 bridgehead atoms. The Kier molecular flexibility index (Phi) is 4.42. The molecule has 0 aliphatic rings. The first-order chi connectivity index (χ1) is 9.99. The van der Waals surface area contributed by atoms with Crippen molar-refractivity contribution in [2.24, 2.45) is 10.7 Å². The maximum Gasteiger partial charge on any atom is 0.118 e. The summed E-state index contributed by atoms with van der Waals surface area (Å²) < 4.78 is 1.87. The van der Waals surface area contributed by atoms with Crippen LogP contribution in [0.4, 0.5) is 0 Å². The van der Waals surface area contributed by atoms with Crippen LogP contribution in [0, 0.1) is 6.92 Å². The van der Waals surface area contributed by atoms with Crippen LogP contribution in [0.2, 0.25) is 0 Å². The van der Waals surface area contributed by atoms with Crippen LogP contribution < -0.4 is 11.1 Å². The van der Waals surface area contributed by atoms with Gasteiger partial charge in [-0.25, -0.2) is 9.51 Å². The van der Waals surface area contributed by atoms with Gasteiger partial charge in [0.15, 0.2) is 0 Å². The molecule has 21 heavy (non-hydrogen) atoms. The van der Waals surface area contributed by atoms with Crippen LogP contribution in [0.1, 0.15) is 25.1 Å². The Labute approximate surface area is 124 Å². The highest BCUT2D eigenvalue weighted by atomic mass is 15.2. The van der Waals surface area contributed by atoms with Gasteiger partial charge in [0.25, 0.3) is 0 Å². The van der Waals surface area contributed by atoms with Gasteiger partial charge in [0.1, 0.15) is 5.82 Å². The molecular weight excluding hydrogens is 262 g/mol. The number of hydrogen-bond donors (Lipinski definition) is 2. The van der Waals surface area contributed by atoms with E-state index in [-0.39, 0.29) is 0 Å². The second-order valence-corrected chi connectivity index (χ2v) is 5.17. The minimum atomic E-state index is 0.304. The van der Waals surface area contributed by atoms with Gasteiger partial charge in [0.05, 0.1) is 11.7 Å². The van der Waals surface area contributed by atoms with Gasteiger partial charge < -0.3 is 11.1 Å². The molecule has 2 rings (SSSR count). The van der Waals surface area contributed by atoms with Gasteiger partial charge in [0.2, 0.25) is 0 Å². The van der Waals surface area contributed by atoms with Crippen molar-refractivity contribution in [1.82, 2.24) is 14.9 Å². The van der Waals surface area contributed by atoms with Gasteiger partial charge in [-0.1, -0.05) is 12.6 Å². The smallest absolute Gasteiger partial charge is 0.118 e. The summed E-state index contributed by atoms with van der Waals surface area (Å²) in [5.41, 5.74) is 9.67. The summed E-state index contributed by atoms with van der Waals surface area (Å²) in [6.07, 6.45) is 5.17. The molecule has 0 spiro atoms. The summed E-state index contributed by atoms with van der Waals surface area (Å²) in [5, 5.41) is 7.45. The van der Waals surface area contributed by atoms with Crippen molar-refractivity contribution in [3.05, 3.63) is 54.1 Å². The third kappa shape index (κ3) is 3.51. The zero-order chi connectivity index (χ0) is 15.4. The SMILES string of the molecule is C=C(/N=C\C=C(/N)c1cnn2c(C)cccc12)NC(C)C. The van der Waals surface area contributed by atoms with E-state index in [4.69, 9.17) is 5.73 Å². The van der Waals surface area contributed by atoms with E-state index in [2.05, 4.69) is 22.0 Å². The number of nitrogens with one attached hydrogen (secondary N) is 1. The predicted octanol–water partition coefficient (Wildman–Crippen LogP) is 2.48. The third-order valence-corrected chi connectivity index (χ3v) is 2.98. The van der Waals surface area contributed by atoms with Crippen LogP contribution in [-0.2, 0) is 0 Å². The van der Waals surface area contributed by atoms with Crippen LogP contribution in [-0.4, -0.2) is 21.9 Å². The first kappa shape index (κ1) is 14.8. The van der Waals surface area contributed by atoms with Crippen molar-refractivity contribution < 1.29 is 0 Å². The lowest BCUT2D eigenvalue weighted by Crippen LogP contribution is -2.20. The highest BCUT2D eigenvalue weighted by Crippen LogP contribution is 2.17. The quantitative estimate of drug-likeness (QED) is 0.828. The Morgan fingerprint density at radius 2 is 2.24 bits per heavy atom. The lowest BCUT2D eigenvalue weighted by atomic mass is 10.2. The molecule has 0 aromatic carbocycles. The first-order valence-corrected chi connectivity index (χ1v) is 6.88. The zero-order valence-corrected chi connectivity index (χ0v) is 12.7. The Morgan fingerprint density at radius 3 is 2.95 bits per heavy atom. The average molecular weight is 283 g/mol. The number of aliphatic imine (C=N–C) groups is 1. The Bertz CT molecular complexity index is 707. The maximum atomic E-state index is 6.11. The van der Waals surface area contributed by atoms with Gasteiger partial charge in [-0.3, -0.25) is 0 Å². The molecule has 0 radical (unpaired) electrons. The molecule has 0 fully saturated rings. The van der Waals surface area contributed by atoms with Gasteiger partial charge in [0, 0.05) is 29.2 Å². The van der Waals surface area contributed by atoms with Gasteiger partial charge >= 0.3 is 0 Å². The number of nitrogens with zero attached hydrogens (tertiary/aromatic N) is 3. The van der Waals surface area contributed by atoms with Gasteiger partial charge in [-0.05, 0) is 39.0 Å². The van der Waals surface area contributed by atoms with E-state index in [1.165, 1.54) is 0 Å². The maximum absolute atomic E-state index is 6.11. The second kappa shape index (κ2) is 6.26. The number of nitrogens with two attached hydrogens (primary N) is 1. The van der Waals surface area contributed by atoms with Gasteiger partial charge in [-0.2, -0.15) is 5.10 Å². The van der Waals surface area contributed by atoms with Crippen LogP contribution in [0.5, 0.6) is 0 Å². The van der Waals surface area contributed by atoms with E-state index >= 15 is 0 Å². The lowest BCUT2D eigenvalue weighted by molar-refractivity contribution is 0.666. The summed E-state index contributed by atoms with van der Waals surface area (Å²) in [6.45, 7) is 9.89. The summed E-state index contributed by atoms with van der Waals surface area (Å²) in [7, 11) is 0. The van der Waals surface area contributed by atoms with Crippen LogP contribution in [0.25, 0.3) is 11.2 Å². The van der Waals surface area contributed by atoms with E-state index < -0.39 is 0 Å². The van der Waals surface area contributed by atoms with Crippen molar-refractivity contribution in [1.29, 1.82) is 0 Å². The molecule has 0 aliphatic carbocycles. The third-order valence-electron chi connectivity index (χ3n) is 2.98. The normalized spacial score (nSPS) is 12.5. The zero-order valence-electron chi connectivity index (χ0n) is 12.7. The molecule has 2 aromatic heterocycles. The first-order valence-electron chi connectivity index (χ1n) is 6.88. The van der Waals surface area contributed by atoms with E-state index in [0.29, 0.717) is 17.6 Å². The van der Waals surface area contributed by atoms with Crippen molar-refractivity contribution in [2.75, 3.05) is 0 Å². The minimum Gasteiger partial charge on any atom is -0.398 e. The molecule has 0 saturated heterocycles. The number of fused-ring (bicyclic) bond motifs is 1. The van der Waals surface area contributed by atoms with Crippen LogP contribution in [0.3, 0.4) is 0 Å². The molecule has 5 nitrogen and oxygen atoms in total. The summed E-state index contributed by atoms with van der Waals surface area (Å²) >= 11 is 0. The van der Waals surface area contributed by atoms with E-state index in [0.717, 1.165) is 16.8 Å². The molecule has 2 heterocycles. The molecule has 0 atom stereocenters. The van der Waals surface area contributed by atoms with Crippen LogP contribution in [0.15, 0.2) is 47.9 Å². The molecule has 0 amide bonds. The number of aryl methyl sites for hydroxylation is 1. The molecular formula is C16H21N5. The van der Waals surface area contributed by atoms with E-state index in [9.17, 15) is 0 Å². The van der Waals surface area contributed by atoms with E-state index in [1.54, 1.807) is 18.5 Å². The molecule has 3 N–H and O–H groups in total. The molecule has 0 saturated carbocycles. The van der Waals surface area contributed by atoms with Crippen molar-refractivity contribution in [3.8, 4) is 0 Å². The lowest BCUT2D eigenvalue weighted by Gasteiger charge is -2.07. The molecule has 5 heteroatoms. The van der Waals surface area contributed by atoms with Crippen LogP contribution >= 0.6 is 0 Å². The standard InChI is InChI=1S/C16H21N5/c1-11(2)20-13(4)18-9-8-15(17)14-10-19-21-12(3)6-5-7-16(14)21/h5-11,20H,4,17H2,1-3H3/b15-8-,18-9-. The fourth-order valence-corrected chi connectivity index (χ4v) is 2.04. The monoisotopic (exact) mass is 283 g/mol. The second-order valence-electron chi connectivity index (χ2n) is 5.17. The Balaban J connectivity index is 2.20. The topological polar surface area (TPSA) is 67.7 Å². The fraction of sp³-hybridized carbons (Fsp3) is 0.250. The van der Waals surface area contributed by atoms with Crippen molar-refractivity contribution in [2.45, 2.75) is 26.8 Å². The predicted molar refractivity (Wildman–Crippen MR) is 88.0 cm³/mol.